The number of pyridine rings is 1. The number of ether oxygens (including phenoxy) is 1. The van der Waals surface area contributed by atoms with Gasteiger partial charge in [-0.1, -0.05) is 0 Å². The van der Waals surface area contributed by atoms with Gasteiger partial charge in [0.05, 0.1) is 18.8 Å². The number of carbonyl (C=O) groups excluding carboxylic acids is 1. The van der Waals surface area contributed by atoms with Crippen LogP contribution in [-0.4, -0.2) is 22.8 Å². The van der Waals surface area contributed by atoms with E-state index in [1.807, 2.05) is 34.7 Å². The Balaban J connectivity index is 2.15. The van der Waals surface area contributed by atoms with Crippen molar-refractivity contribution in [2.24, 2.45) is 0 Å². The Labute approximate surface area is 110 Å². The summed E-state index contributed by atoms with van der Waals surface area (Å²) >= 11 is 0. The molecule has 0 saturated carbocycles. The molecule has 3 rings (SSSR count). The zero-order valence-electron chi connectivity index (χ0n) is 10.4. The Morgan fingerprint density at radius 2 is 1.95 bits per heavy atom. The molecule has 0 radical (unpaired) electrons. The van der Waals surface area contributed by atoms with E-state index in [0.717, 1.165) is 28.9 Å². The fraction of sp³-hybridized carbons (Fsp3) is 0.0667. The van der Waals surface area contributed by atoms with Gasteiger partial charge in [-0.2, -0.15) is 0 Å². The molecule has 0 aliphatic carbocycles. The lowest BCUT2D eigenvalue weighted by Crippen LogP contribution is -1.92. The van der Waals surface area contributed by atoms with Crippen molar-refractivity contribution in [1.82, 2.24) is 9.38 Å². The van der Waals surface area contributed by atoms with Gasteiger partial charge in [-0.3, -0.25) is 9.20 Å². The monoisotopic (exact) mass is 252 g/mol. The summed E-state index contributed by atoms with van der Waals surface area (Å²) in [5.74, 6) is 1.61. The number of benzene rings is 1. The summed E-state index contributed by atoms with van der Waals surface area (Å²) in [6, 6.07) is 11.3. The summed E-state index contributed by atoms with van der Waals surface area (Å²) in [7, 11) is 1.64. The molecule has 0 saturated heterocycles. The first-order valence-electron chi connectivity index (χ1n) is 5.88. The van der Waals surface area contributed by atoms with Crippen LogP contribution in [0.3, 0.4) is 0 Å². The first-order chi connectivity index (χ1) is 9.31. The number of imidazole rings is 1. The standard InChI is InChI=1S/C15H12N2O2/c1-19-14-6-3-12(4-7-14)15-16-8-13-5-2-11(10-18)9-17(13)15/h2-10H,1H3. The van der Waals surface area contributed by atoms with E-state index in [1.165, 1.54) is 0 Å². The lowest BCUT2D eigenvalue weighted by atomic mass is 10.2. The van der Waals surface area contributed by atoms with Crippen LogP contribution >= 0.6 is 0 Å². The lowest BCUT2D eigenvalue weighted by Gasteiger charge is -2.04. The summed E-state index contributed by atoms with van der Waals surface area (Å²) in [5.41, 5.74) is 2.56. The molecule has 2 heterocycles. The van der Waals surface area contributed by atoms with Crippen LogP contribution in [0.1, 0.15) is 10.4 Å². The van der Waals surface area contributed by atoms with E-state index in [2.05, 4.69) is 4.98 Å². The van der Waals surface area contributed by atoms with E-state index in [0.29, 0.717) is 5.56 Å². The van der Waals surface area contributed by atoms with Gasteiger partial charge in [0.1, 0.15) is 11.6 Å². The van der Waals surface area contributed by atoms with Crippen molar-refractivity contribution in [1.29, 1.82) is 0 Å². The predicted molar refractivity (Wildman–Crippen MR) is 72.6 cm³/mol. The third-order valence-electron chi connectivity index (χ3n) is 3.03. The molecule has 4 heteroatoms. The van der Waals surface area contributed by atoms with Gasteiger partial charge in [0.15, 0.2) is 6.29 Å². The normalized spacial score (nSPS) is 10.6. The molecule has 0 amide bonds. The predicted octanol–water partition coefficient (Wildman–Crippen LogP) is 2.82. The maximum Gasteiger partial charge on any atom is 0.151 e. The van der Waals surface area contributed by atoms with Crippen molar-refractivity contribution in [3.8, 4) is 17.1 Å². The Morgan fingerprint density at radius 1 is 1.16 bits per heavy atom. The number of carbonyl (C=O) groups is 1. The highest BCUT2D eigenvalue weighted by Gasteiger charge is 2.07. The summed E-state index contributed by atoms with van der Waals surface area (Å²) in [4.78, 5) is 15.3. The number of fused-ring (bicyclic) bond motifs is 1. The second-order valence-electron chi connectivity index (χ2n) is 4.19. The van der Waals surface area contributed by atoms with E-state index < -0.39 is 0 Å². The van der Waals surface area contributed by atoms with Crippen LogP contribution in [0, 0.1) is 0 Å². The molecule has 94 valence electrons. The first-order valence-corrected chi connectivity index (χ1v) is 5.88. The number of hydrogen-bond acceptors (Lipinski definition) is 3. The number of aromatic nitrogens is 2. The minimum Gasteiger partial charge on any atom is -0.497 e. The van der Waals surface area contributed by atoms with Crippen LogP contribution in [0.5, 0.6) is 5.75 Å². The molecule has 2 aromatic heterocycles. The van der Waals surface area contributed by atoms with Gasteiger partial charge in [0, 0.05) is 17.3 Å². The van der Waals surface area contributed by atoms with Gasteiger partial charge in [0.2, 0.25) is 0 Å². The maximum absolute atomic E-state index is 10.9. The fourth-order valence-corrected chi connectivity index (χ4v) is 2.03. The third-order valence-corrected chi connectivity index (χ3v) is 3.03. The quantitative estimate of drug-likeness (QED) is 0.673. The van der Waals surface area contributed by atoms with E-state index in [4.69, 9.17) is 4.74 Å². The molecule has 0 fully saturated rings. The lowest BCUT2D eigenvalue weighted by molar-refractivity contribution is 0.112. The van der Waals surface area contributed by atoms with Crippen molar-refractivity contribution in [3.05, 3.63) is 54.4 Å². The van der Waals surface area contributed by atoms with Gasteiger partial charge < -0.3 is 4.74 Å². The van der Waals surface area contributed by atoms with Gasteiger partial charge in [0.25, 0.3) is 0 Å². The molecule has 19 heavy (non-hydrogen) atoms. The van der Waals surface area contributed by atoms with Crippen LogP contribution < -0.4 is 4.74 Å². The minimum atomic E-state index is 0.625. The first kappa shape index (κ1) is 11.5. The Bertz CT molecular complexity index is 729. The Kier molecular flexibility index (Phi) is 2.76. The third kappa shape index (κ3) is 1.97. The van der Waals surface area contributed by atoms with E-state index in [-0.39, 0.29) is 0 Å². The SMILES string of the molecule is COc1ccc(-c2ncc3ccc(C=O)cn23)cc1. The second kappa shape index (κ2) is 4.57. The molecule has 0 aliphatic heterocycles. The number of nitrogens with zero attached hydrogens (tertiary/aromatic N) is 2. The zero-order valence-corrected chi connectivity index (χ0v) is 10.4. The van der Waals surface area contributed by atoms with Gasteiger partial charge in [-0.05, 0) is 36.4 Å². The molecule has 0 N–H and O–H groups in total. The van der Waals surface area contributed by atoms with Crippen LogP contribution in [0.25, 0.3) is 16.9 Å². The van der Waals surface area contributed by atoms with Crippen LogP contribution in [0.4, 0.5) is 0 Å². The summed E-state index contributed by atoms with van der Waals surface area (Å²) in [5, 5.41) is 0. The molecule has 1 aromatic carbocycles. The van der Waals surface area contributed by atoms with Crippen LogP contribution in [0.2, 0.25) is 0 Å². The van der Waals surface area contributed by atoms with Gasteiger partial charge in [-0.25, -0.2) is 4.98 Å². The average molecular weight is 252 g/mol. The number of hydrogen-bond donors (Lipinski definition) is 0. The molecule has 0 unspecified atom stereocenters. The highest BCUT2D eigenvalue weighted by molar-refractivity contribution is 5.76. The van der Waals surface area contributed by atoms with E-state index in [1.54, 1.807) is 25.6 Å². The maximum atomic E-state index is 10.9. The Hall–Kier alpha value is -2.62. The molecule has 3 aromatic rings. The topological polar surface area (TPSA) is 43.6 Å². The van der Waals surface area contributed by atoms with E-state index >= 15 is 0 Å². The van der Waals surface area contributed by atoms with Crippen LogP contribution in [-0.2, 0) is 0 Å². The average Bonchev–Trinajstić information content (AvgIpc) is 2.90. The summed E-state index contributed by atoms with van der Waals surface area (Å²) in [6.07, 6.45) is 4.40. The zero-order chi connectivity index (χ0) is 13.2. The molecule has 4 nitrogen and oxygen atoms in total. The largest absolute Gasteiger partial charge is 0.497 e. The van der Waals surface area contributed by atoms with Gasteiger partial charge in [-0.15, -0.1) is 0 Å². The van der Waals surface area contributed by atoms with Crippen molar-refractivity contribution in [2.75, 3.05) is 7.11 Å². The molecule has 0 bridgehead atoms. The second-order valence-corrected chi connectivity index (χ2v) is 4.19. The van der Waals surface area contributed by atoms with Crippen molar-refractivity contribution < 1.29 is 9.53 Å². The van der Waals surface area contributed by atoms with Crippen molar-refractivity contribution >= 4 is 11.8 Å². The minimum absolute atomic E-state index is 0.625. The molecule has 0 aliphatic rings. The molecule has 0 atom stereocenters. The van der Waals surface area contributed by atoms with Crippen molar-refractivity contribution in [3.63, 3.8) is 0 Å². The van der Waals surface area contributed by atoms with Gasteiger partial charge >= 0.3 is 0 Å². The summed E-state index contributed by atoms with van der Waals surface area (Å²) in [6.45, 7) is 0. The van der Waals surface area contributed by atoms with Crippen LogP contribution in [0.15, 0.2) is 48.8 Å². The number of rotatable bonds is 3. The molecule has 0 spiro atoms. The highest BCUT2D eigenvalue weighted by atomic mass is 16.5. The summed E-state index contributed by atoms with van der Waals surface area (Å²) < 4.78 is 7.05. The number of aldehydes is 1. The van der Waals surface area contributed by atoms with E-state index in [9.17, 15) is 4.79 Å². The number of methoxy groups -OCH3 is 1. The van der Waals surface area contributed by atoms with Crippen molar-refractivity contribution in [2.45, 2.75) is 0 Å². The Morgan fingerprint density at radius 3 is 2.63 bits per heavy atom. The smallest absolute Gasteiger partial charge is 0.151 e. The highest BCUT2D eigenvalue weighted by Crippen LogP contribution is 2.22. The molecular weight excluding hydrogens is 240 g/mol. The molecular formula is C15H12N2O2. The fourth-order valence-electron chi connectivity index (χ4n) is 2.03.